The Bertz CT molecular complexity index is 533. The van der Waals surface area contributed by atoms with Crippen molar-refractivity contribution in [3.8, 4) is 5.75 Å². The second kappa shape index (κ2) is 5.21. The minimum absolute atomic E-state index is 0.121. The molecular formula is C10H8F3N3OS. The Hall–Kier alpha value is -1.83. The van der Waals surface area contributed by atoms with E-state index in [2.05, 4.69) is 14.7 Å². The van der Waals surface area contributed by atoms with Crippen LogP contribution in [0.3, 0.4) is 0 Å². The highest BCUT2D eigenvalue weighted by molar-refractivity contribution is 7.99. The van der Waals surface area contributed by atoms with E-state index in [0.717, 1.165) is 23.9 Å². The van der Waals surface area contributed by atoms with Crippen molar-refractivity contribution >= 4 is 17.4 Å². The van der Waals surface area contributed by atoms with Gasteiger partial charge in [-0.15, -0.1) is 0 Å². The van der Waals surface area contributed by atoms with E-state index in [1.807, 2.05) is 0 Å². The summed E-state index contributed by atoms with van der Waals surface area (Å²) in [7, 11) is 0. The molecule has 4 nitrogen and oxygen atoms in total. The topological polar surface area (TPSA) is 63.9 Å². The maximum atomic E-state index is 13.3. The van der Waals surface area contributed by atoms with Gasteiger partial charge >= 0.3 is 6.61 Å². The number of imidazole rings is 1. The van der Waals surface area contributed by atoms with E-state index in [9.17, 15) is 13.2 Å². The van der Waals surface area contributed by atoms with Crippen LogP contribution in [0, 0.1) is 5.82 Å². The summed E-state index contributed by atoms with van der Waals surface area (Å²) in [6.45, 7) is -3.09. The minimum Gasteiger partial charge on any atom is -0.432 e. The monoisotopic (exact) mass is 275 g/mol. The van der Waals surface area contributed by atoms with Crippen LogP contribution in [-0.4, -0.2) is 16.6 Å². The first-order valence-corrected chi connectivity index (χ1v) is 5.59. The molecular weight excluding hydrogens is 267 g/mol. The molecule has 0 saturated heterocycles. The standard InChI is InChI=1S/C10H8F3N3OS/c11-5-3-6(14)8(4-7(5)17-9(12)13)18-10-15-1-2-16-10/h1-4,9H,14H2,(H,15,16). The normalized spacial score (nSPS) is 10.9. The molecule has 0 aliphatic carbocycles. The van der Waals surface area contributed by atoms with Crippen molar-refractivity contribution in [3.63, 3.8) is 0 Å². The van der Waals surface area contributed by atoms with Crippen LogP contribution in [-0.2, 0) is 0 Å². The third kappa shape index (κ3) is 2.89. The molecule has 0 bridgehead atoms. The van der Waals surface area contributed by atoms with E-state index >= 15 is 0 Å². The number of alkyl halides is 2. The molecule has 0 radical (unpaired) electrons. The molecule has 2 rings (SSSR count). The van der Waals surface area contributed by atoms with Crippen molar-refractivity contribution in [1.29, 1.82) is 0 Å². The Kier molecular flexibility index (Phi) is 3.66. The molecule has 18 heavy (non-hydrogen) atoms. The second-order valence-electron chi connectivity index (χ2n) is 3.20. The Morgan fingerprint density at radius 1 is 1.39 bits per heavy atom. The van der Waals surface area contributed by atoms with E-state index in [1.165, 1.54) is 6.20 Å². The zero-order chi connectivity index (χ0) is 13.1. The molecule has 3 N–H and O–H groups in total. The number of H-pyrrole nitrogens is 1. The predicted octanol–water partition coefficient (Wildman–Crippen LogP) is 2.88. The molecule has 1 aromatic carbocycles. The lowest BCUT2D eigenvalue weighted by Crippen LogP contribution is -2.04. The van der Waals surface area contributed by atoms with Crippen LogP contribution in [0.5, 0.6) is 5.75 Å². The number of nitrogens with zero attached hydrogens (tertiary/aromatic N) is 1. The van der Waals surface area contributed by atoms with E-state index in [4.69, 9.17) is 5.73 Å². The number of aromatic nitrogens is 2. The van der Waals surface area contributed by atoms with Gasteiger partial charge in [-0.2, -0.15) is 8.78 Å². The van der Waals surface area contributed by atoms with Crippen molar-refractivity contribution in [2.75, 3.05) is 5.73 Å². The Balaban J connectivity index is 2.29. The molecule has 0 amide bonds. The van der Waals surface area contributed by atoms with Gasteiger partial charge < -0.3 is 15.5 Å². The van der Waals surface area contributed by atoms with Crippen LogP contribution in [0.4, 0.5) is 18.9 Å². The molecule has 0 fully saturated rings. The van der Waals surface area contributed by atoms with Gasteiger partial charge in [0.2, 0.25) is 0 Å². The molecule has 2 aromatic rings. The lowest BCUT2D eigenvalue weighted by atomic mass is 10.3. The number of halogens is 3. The van der Waals surface area contributed by atoms with Gasteiger partial charge in [0, 0.05) is 29.0 Å². The summed E-state index contributed by atoms with van der Waals surface area (Å²) in [5, 5.41) is 0.510. The van der Waals surface area contributed by atoms with Crippen molar-refractivity contribution in [2.45, 2.75) is 16.7 Å². The number of nitrogen functional groups attached to an aromatic ring is 1. The second-order valence-corrected chi connectivity index (χ2v) is 4.23. The number of rotatable bonds is 4. The SMILES string of the molecule is Nc1cc(F)c(OC(F)F)cc1Sc1ncc[nH]1. The van der Waals surface area contributed by atoms with Crippen molar-refractivity contribution in [3.05, 3.63) is 30.3 Å². The van der Waals surface area contributed by atoms with Gasteiger partial charge in [0.1, 0.15) is 0 Å². The average molecular weight is 275 g/mol. The number of nitrogens with one attached hydrogen (secondary N) is 1. The zero-order valence-corrected chi connectivity index (χ0v) is 9.68. The third-order valence-electron chi connectivity index (χ3n) is 1.96. The first-order valence-electron chi connectivity index (χ1n) is 4.77. The fraction of sp³-hybridized carbons (Fsp3) is 0.100. The summed E-state index contributed by atoms with van der Waals surface area (Å²) in [6.07, 6.45) is 3.12. The van der Waals surface area contributed by atoms with Gasteiger partial charge in [0.15, 0.2) is 16.7 Å². The van der Waals surface area contributed by atoms with Crippen LogP contribution in [0.15, 0.2) is 34.6 Å². The Morgan fingerprint density at radius 3 is 2.78 bits per heavy atom. The number of hydrogen-bond donors (Lipinski definition) is 2. The molecule has 0 saturated carbocycles. The number of ether oxygens (including phenoxy) is 1. The summed E-state index contributed by atoms with van der Waals surface area (Å²) < 4.78 is 41.5. The highest BCUT2D eigenvalue weighted by Gasteiger charge is 2.14. The maximum absolute atomic E-state index is 13.3. The quantitative estimate of drug-likeness (QED) is 0.842. The van der Waals surface area contributed by atoms with Crippen molar-refractivity contribution in [1.82, 2.24) is 9.97 Å². The van der Waals surface area contributed by atoms with E-state index in [0.29, 0.717) is 10.1 Å². The van der Waals surface area contributed by atoms with Crippen LogP contribution in [0.2, 0.25) is 0 Å². The number of nitrogens with two attached hydrogens (primary N) is 1. The van der Waals surface area contributed by atoms with Gasteiger partial charge in [-0.05, 0) is 17.8 Å². The summed E-state index contributed by atoms with van der Waals surface area (Å²) in [5.41, 5.74) is 5.71. The highest BCUT2D eigenvalue weighted by atomic mass is 32.2. The minimum atomic E-state index is -3.09. The molecule has 0 aliphatic heterocycles. The van der Waals surface area contributed by atoms with Gasteiger partial charge in [-0.25, -0.2) is 9.37 Å². The molecule has 0 atom stereocenters. The number of hydrogen-bond acceptors (Lipinski definition) is 4. The van der Waals surface area contributed by atoms with E-state index < -0.39 is 18.2 Å². The smallest absolute Gasteiger partial charge is 0.387 e. The summed E-state index contributed by atoms with van der Waals surface area (Å²) in [6, 6.07) is 2.05. The molecule has 96 valence electrons. The highest BCUT2D eigenvalue weighted by Crippen LogP contribution is 2.35. The molecule has 1 heterocycles. The molecule has 0 aliphatic rings. The third-order valence-corrected chi connectivity index (χ3v) is 2.95. The summed E-state index contributed by atoms with van der Waals surface area (Å²) >= 11 is 1.09. The maximum Gasteiger partial charge on any atom is 0.387 e. The summed E-state index contributed by atoms with van der Waals surface area (Å²) in [5.74, 6) is -1.48. The van der Waals surface area contributed by atoms with Crippen LogP contribution >= 0.6 is 11.8 Å². The summed E-state index contributed by atoms with van der Waals surface area (Å²) in [4.78, 5) is 7.11. The molecule has 0 spiro atoms. The first kappa shape index (κ1) is 12.6. The average Bonchev–Trinajstić information content (AvgIpc) is 2.77. The Labute approximate surface area is 104 Å². The zero-order valence-electron chi connectivity index (χ0n) is 8.86. The lowest BCUT2D eigenvalue weighted by molar-refractivity contribution is -0.0523. The Morgan fingerprint density at radius 2 is 2.17 bits per heavy atom. The predicted molar refractivity (Wildman–Crippen MR) is 60.2 cm³/mol. The van der Waals surface area contributed by atoms with E-state index in [1.54, 1.807) is 6.20 Å². The molecule has 1 aromatic heterocycles. The number of benzene rings is 1. The van der Waals surface area contributed by atoms with Gasteiger partial charge in [0.25, 0.3) is 0 Å². The fourth-order valence-electron chi connectivity index (χ4n) is 1.24. The molecule has 0 unspecified atom stereocenters. The van der Waals surface area contributed by atoms with Gasteiger partial charge in [-0.1, -0.05) is 0 Å². The van der Waals surface area contributed by atoms with Crippen LogP contribution in [0.1, 0.15) is 0 Å². The lowest BCUT2D eigenvalue weighted by Gasteiger charge is -2.09. The fourth-order valence-corrected chi connectivity index (χ4v) is 2.03. The van der Waals surface area contributed by atoms with Gasteiger partial charge in [0.05, 0.1) is 0 Å². The van der Waals surface area contributed by atoms with Gasteiger partial charge in [-0.3, -0.25) is 0 Å². The molecule has 8 heteroatoms. The van der Waals surface area contributed by atoms with Crippen molar-refractivity contribution < 1.29 is 17.9 Å². The van der Waals surface area contributed by atoms with E-state index in [-0.39, 0.29) is 5.69 Å². The number of anilines is 1. The van der Waals surface area contributed by atoms with Crippen LogP contribution < -0.4 is 10.5 Å². The largest absolute Gasteiger partial charge is 0.432 e. The van der Waals surface area contributed by atoms with Crippen LogP contribution in [0.25, 0.3) is 0 Å². The number of aromatic amines is 1. The first-order chi connectivity index (χ1) is 8.56. The van der Waals surface area contributed by atoms with Crippen molar-refractivity contribution in [2.24, 2.45) is 0 Å².